The number of hydrogen-bond acceptors (Lipinski definition) is 3. The Morgan fingerprint density at radius 3 is 1.95 bits per heavy atom. The molecule has 0 amide bonds. The van der Waals surface area contributed by atoms with Crippen LogP contribution < -0.4 is 5.56 Å². The lowest BCUT2D eigenvalue weighted by molar-refractivity contribution is -0.137. The highest BCUT2D eigenvalue weighted by Gasteiger charge is 2.32. The zero-order valence-corrected chi connectivity index (χ0v) is 20.7. The van der Waals surface area contributed by atoms with Crippen molar-refractivity contribution in [2.45, 2.75) is 45.1 Å². The molecular weight excluding hydrogens is 475 g/mol. The SMILES string of the molecule is Cc1nc2c(c(=O)n1C(c1ccccc1)c1ccccc1)CN(C(C)c1ccc(C(F)(F)F)cc1)CC2. The molecule has 0 saturated carbocycles. The molecule has 0 spiro atoms. The molecule has 3 aromatic carbocycles. The number of hydrogen-bond donors (Lipinski definition) is 0. The normalized spacial score (nSPS) is 15.0. The summed E-state index contributed by atoms with van der Waals surface area (Å²) in [4.78, 5) is 21.0. The smallest absolute Gasteiger partial charge is 0.292 e. The minimum Gasteiger partial charge on any atom is -0.292 e. The molecule has 1 aliphatic heterocycles. The number of aromatic nitrogens is 2. The fourth-order valence-corrected chi connectivity index (χ4v) is 5.19. The molecule has 5 rings (SSSR count). The highest BCUT2D eigenvalue weighted by molar-refractivity contribution is 5.35. The number of benzene rings is 3. The Bertz CT molecular complexity index is 1390. The predicted molar refractivity (Wildman–Crippen MR) is 137 cm³/mol. The van der Waals surface area contributed by atoms with Gasteiger partial charge in [0.2, 0.25) is 0 Å². The summed E-state index contributed by atoms with van der Waals surface area (Å²) in [7, 11) is 0. The lowest BCUT2D eigenvalue weighted by Gasteiger charge is -2.34. The fourth-order valence-electron chi connectivity index (χ4n) is 5.19. The van der Waals surface area contributed by atoms with Crippen LogP contribution in [0.2, 0.25) is 0 Å². The molecular formula is C30H28F3N3O. The van der Waals surface area contributed by atoms with Gasteiger partial charge in [-0.05, 0) is 42.7 Å². The highest BCUT2D eigenvalue weighted by Crippen LogP contribution is 2.32. The maximum absolute atomic E-state index is 14.1. The van der Waals surface area contributed by atoms with E-state index in [9.17, 15) is 18.0 Å². The quantitative estimate of drug-likeness (QED) is 0.320. The molecule has 1 aliphatic rings. The first-order valence-corrected chi connectivity index (χ1v) is 12.4. The van der Waals surface area contributed by atoms with E-state index < -0.39 is 11.7 Å². The summed E-state index contributed by atoms with van der Waals surface area (Å²) in [6.45, 7) is 4.90. The molecule has 0 bridgehead atoms. The van der Waals surface area contributed by atoms with Crippen LogP contribution in [0, 0.1) is 6.92 Å². The van der Waals surface area contributed by atoms with E-state index >= 15 is 0 Å². The van der Waals surface area contributed by atoms with Crippen molar-refractivity contribution in [3.05, 3.63) is 135 Å². The van der Waals surface area contributed by atoms with Crippen LogP contribution in [0.4, 0.5) is 13.2 Å². The number of alkyl halides is 3. The third kappa shape index (κ3) is 4.96. The van der Waals surface area contributed by atoms with Gasteiger partial charge in [-0.15, -0.1) is 0 Å². The van der Waals surface area contributed by atoms with Crippen molar-refractivity contribution < 1.29 is 13.2 Å². The van der Waals surface area contributed by atoms with Crippen LogP contribution in [0.3, 0.4) is 0 Å². The van der Waals surface area contributed by atoms with Crippen molar-refractivity contribution in [2.24, 2.45) is 0 Å². The van der Waals surface area contributed by atoms with Gasteiger partial charge < -0.3 is 0 Å². The number of halogens is 3. The second-order valence-corrected chi connectivity index (χ2v) is 9.50. The molecule has 0 radical (unpaired) electrons. The van der Waals surface area contributed by atoms with Crippen molar-refractivity contribution in [2.75, 3.05) is 6.54 Å². The summed E-state index contributed by atoms with van der Waals surface area (Å²) >= 11 is 0. The molecule has 4 nitrogen and oxygen atoms in total. The average molecular weight is 504 g/mol. The molecule has 4 aromatic rings. The number of aryl methyl sites for hydroxylation is 1. The number of rotatable bonds is 5. The Morgan fingerprint density at radius 1 is 0.838 bits per heavy atom. The van der Waals surface area contributed by atoms with Crippen LogP contribution >= 0.6 is 0 Å². The van der Waals surface area contributed by atoms with Crippen molar-refractivity contribution in [1.82, 2.24) is 14.5 Å². The van der Waals surface area contributed by atoms with Gasteiger partial charge in [-0.25, -0.2) is 4.98 Å². The van der Waals surface area contributed by atoms with Crippen LogP contribution in [0.1, 0.15) is 58.3 Å². The molecule has 190 valence electrons. The van der Waals surface area contributed by atoms with Crippen LogP contribution in [-0.4, -0.2) is 21.0 Å². The number of nitrogens with zero attached hydrogens (tertiary/aromatic N) is 3. The lowest BCUT2D eigenvalue weighted by atomic mass is 9.97. The molecule has 7 heteroatoms. The van der Waals surface area contributed by atoms with Gasteiger partial charge in [-0.2, -0.15) is 13.2 Å². The highest BCUT2D eigenvalue weighted by atomic mass is 19.4. The summed E-state index contributed by atoms with van der Waals surface area (Å²) in [6, 6.07) is 24.6. The van der Waals surface area contributed by atoms with E-state index in [0.717, 1.165) is 34.5 Å². The Morgan fingerprint density at radius 2 is 1.41 bits per heavy atom. The van der Waals surface area contributed by atoms with E-state index in [0.29, 0.717) is 30.9 Å². The molecule has 1 unspecified atom stereocenters. The summed E-state index contributed by atoms with van der Waals surface area (Å²) < 4.78 is 40.8. The minimum absolute atomic E-state index is 0.0791. The molecule has 0 N–H and O–H groups in total. The Balaban J connectivity index is 1.52. The molecule has 0 saturated heterocycles. The van der Waals surface area contributed by atoms with E-state index in [1.165, 1.54) is 12.1 Å². The first-order chi connectivity index (χ1) is 17.7. The van der Waals surface area contributed by atoms with Crippen molar-refractivity contribution in [1.29, 1.82) is 0 Å². The van der Waals surface area contributed by atoms with Crippen molar-refractivity contribution in [3.63, 3.8) is 0 Å². The second-order valence-electron chi connectivity index (χ2n) is 9.50. The average Bonchev–Trinajstić information content (AvgIpc) is 2.91. The maximum atomic E-state index is 14.1. The molecule has 1 atom stereocenters. The van der Waals surface area contributed by atoms with Gasteiger partial charge in [0, 0.05) is 25.6 Å². The lowest BCUT2D eigenvalue weighted by Crippen LogP contribution is -2.41. The minimum atomic E-state index is -4.37. The number of fused-ring (bicyclic) bond motifs is 1. The third-order valence-corrected chi connectivity index (χ3v) is 7.22. The van der Waals surface area contributed by atoms with Crippen LogP contribution in [0.5, 0.6) is 0 Å². The van der Waals surface area contributed by atoms with Gasteiger partial charge in [0.25, 0.3) is 5.56 Å². The standard InChI is InChI=1S/C30H28F3N3O/c1-20(22-13-15-25(16-14-22)30(31,32)33)35-18-17-27-26(19-35)29(37)36(21(2)34-27)28(23-9-5-3-6-10-23)24-11-7-4-8-12-24/h3-16,20,28H,17-19H2,1-2H3. The van der Waals surface area contributed by atoms with E-state index in [1.807, 2.05) is 74.5 Å². The van der Waals surface area contributed by atoms with Gasteiger partial charge in [-0.3, -0.25) is 14.3 Å². The molecule has 37 heavy (non-hydrogen) atoms. The largest absolute Gasteiger partial charge is 0.416 e. The third-order valence-electron chi connectivity index (χ3n) is 7.22. The van der Waals surface area contributed by atoms with Gasteiger partial charge in [0.15, 0.2) is 0 Å². The van der Waals surface area contributed by atoms with E-state index in [1.54, 1.807) is 4.57 Å². The Hall–Kier alpha value is -3.71. The Labute approximate surface area is 214 Å². The summed E-state index contributed by atoms with van der Waals surface area (Å²) in [5.41, 5.74) is 3.47. The van der Waals surface area contributed by atoms with Gasteiger partial charge in [0.05, 0.1) is 22.9 Å². The fraction of sp³-hybridized carbons (Fsp3) is 0.267. The van der Waals surface area contributed by atoms with E-state index in [-0.39, 0.29) is 17.6 Å². The molecule has 0 aliphatic carbocycles. The predicted octanol–water partition coefficient (Wildman–Crippen LogP) is 6.33. The summed E-state index contributed by atoms with van der Waals surface area (Å²) in [6.07, 6.45) is -3.76. The van der Waals surface area contributed by atoms with Gasteiger partial charge >= 0.3 is 6.18 Å². The summed E-state index contributed by atoms with van der Waals surface area (Å²) in [5, 5.41) is 0. The zero-order valence-electron chi connectivity index (χ0n) is 20.7. The van der Waals surface area contributed by atoms with Crippen molar-refractivity contribution >= 4 is 0 Å². The first kappa shape index (κ1) is 25.0. The van der Waals surface area contributed by atoms with Crippen molar-refractivity contribution in [3.8, 4) is 0 Å². The molecule has 0 fully saturated rings. The van der Waals surface area contributed by atoms with E-state index in [2.05, 4.69) is 4.90 Å². The van der Waals surface area contributed by atoms with Crippen LogP contribution in [0.25, 0.3) is 0 Å². The Kier molecular flexibility index (Phi) is 6.73. The zero-order chi connectivity index (χ0) is 26.2. The topological polar surface area (TPSA) is 38.1 Å². The molecule has 2 heterocycles. The summed E-state index contributed by atoms with van der Waals surface area (Å²) in [5.74, 6) is 0.658. The maximum Gasteiger partial charge on any atom is 0.416 e. The van der Waals surface area contributed by atoms with Gasteiger partial charge in [-0.1, -0.05) is 72.8 Å². The van der Waals surface area contributed by atoms with E-state index in [4.69, 9.17) is 4.98 Å². The second kappa shape index (κ2) is 9.98. The van der Waals surface area contributed by atoms with Crippen LogP contribution in [0.15, 0.2) is 89.7 Å². The van der Waals surface area contributed by atoms with Gasteiger partial charge in [0.1, 0.15) is 5.82 Å². The monoisotopic (exact) mass is 503 g/mol. The molecule has 1 aromatic heterocycles. The van der Waals surface area contributed by atoms with Crippen LogP contribution in [-0.2, 0) is 19.1 Å². The first-order valence-electron chi connectivity index (χ1n) is 12.4.